The van der Waals surface area contributed by atoms with E-state index in [4.69, 9.17) is 5.73 Å². The minimum atomic E-state index is -3.48. The molecule has 19 heavy (non-hydrogen) atoms. The number of hydrogen-bond donors (Lipinski definition) is 3. The fraction of sp³-hybridized carbons (Fsp3) is 0.750. The average molecular weight is 286 g/mol. The SMILES string of the molecule is Cc1ncc(S(=O)(=O)NCC2CCCCC2CN)[nH]1. The molecule has 1 aromatic rings. The molecule has 0 amide bonds. The monoisotopic (exact) mass is 286 g/mol. The van der Waals surface area contributed by atoms with Crippen LogP contribution in [0.3, 0.4) is 0 Å². The van der Waals surface area contributed by atoms with Crippen molar-refractivity contribution in [1.82, 2.24) is 14.7 Å². The van der Waals surface area contributed by atoms with Gasteiger partial charge in [-0.25, -0.2) is 18.1 Å². The predicted octanol–water partition coefficient (Wildman–Crippen LogP) is 0.762. The highest BCUT2D eigenvalue weighted by atomic mass is 32.2. The van der Waals surface area contributed by atoms with E-state index in [2.05, 4.69) is 14.7 Å². The molecule has 6 nitrogen and oxygen atoms in total. The Hall–Kier alpha value is -0.920. The minimum absolute atomic E-state index is 0.130. The Kier molecular flexibility index (Phi) is 4.59. The third kappa shape index (κ3) is 3.55. The molecule has 0 bridgehead atoms. The molecule has 0 saturated heterocycles. The van der Waals surface area contributed by atoms with E-state index in [0.29, 0.717) is 30.7 Å². The summed E-state index contributed by atoms with van der Waals surface area (Å²) in [6.45, 7) is 2.82. The lowest BCUT2D eigenvalue weighted by atomic mass is 9.79. The van der Waals surface area contributed by atoms with Crippen LogP contribution in [0, 0.1) is 18.8 Å². The van der Waals surface area contributed by atoms with Gasteiger partial charge in [0.1, 0.15) is 5.82 Å². The molecule has 7 heteroatoms. The Morgan fingerprint density at radius 1 is 1.42 bits per heavy atom. The van der Waals surface area contributed by atoms with Crippen LogP contribution in [0.5, 0.6) is 0 Å². The summed E-state index contributed by atoms with van der Waals surface area (Å²) in [6.07, 6.45) is 5.86. The molecular weight excluding hydrogens is 264 g/mol. The van der Waals surface area contributed by atoms with Gasteiger partial charge in [-0.2, -0.15) is 0 Å². The van der Waals surface area contributed by atoms with Crippen molar-refractivity contribution in [3.63, 3.8) is 0 Å². The standard InChI is InChI=1S/C12H22N4O2S/c1-9-14-8-12(16-9)19(17,18)15-7-11-5-3-2-4-10(11)6-13/h8,10-11,15H,2-7,13H2,1H3,(H,14,16). The third-order valence-corrected chi connectivity index (χ3v) is 5.21. The van der Waals surface area contributed by atoms with E-state index in [9.17, 15) is 8.42 Å². The number of aryl methyl sites for hydroxylation is 1. The van der Waals surface area contributed by atoms with E-state index in [1.54, 1.807) is 6.92 Å². The van der Waals surface area contributed by atoms with Crippen LogP contribution in [0.25, 0.3) is 0 Å². The van der Waals surface area contributed by atoms with E-state index >= 15 is 0 Å². The number of hydrogen-bond acceptors (Lipinski definition) is 4. The zero-order valence-electron chi connectivity index (χ0n) is 11.2. The number of nitrogens with two attached hydrogens (primary N) is 1. The van der Waals surface area contributed by atoms with Gasteiger partial charge in [0.25, 0.3) is 10.0 Å². The first kappa shape index (κ1) is 14.5. The molecule has 1 saturated carbocycles. The van der Waals surface area contributed by atoms with Crippen molar-refractivity contribution in [2.75, 3.05) is 13.1 Å². The number of imidazole rings is 1. The van der Waals surface area contributed by atoms with Gasteiger partial charge in [0.15, 0.2) is 5.03 Å². The van der Waals surface area contributed by atoms with Crippen molar-refractivity contribution in [3.8, 4) is 0 Å². The van der Waals surface area contributed by atoms with Gasteiger partial charge in [-0.3, -0.25) is 0 Å². The largest absolute Gasteiger partial charge is 0.332 e. The normalized spacial score (nSPS) is 24.5. The molecule has 1 aromatic heterocycles. The lowest BCUT2D eigenvalue weighted by Crippen LogP contribution is -2.37. The zero-order valence-corrected chi connectivity index (χ0v) is 12.0. The second-order valence-electron chi connectivity index (χ2n) is 5.23. The fourth-order valence-electron chi connectivity index (χ4n) is 2.69. The molecule has 0 aliphatic heterocycles. The molecule has 0 radical (unpaired) electrons. The molecular formula is C12H22N4O2S. The molecule has 1 aliphatic rings. The smallest absolute Gasteiger partial charge is 0.257 e. The summed E-state index contributed by atoms with van der Waals surface area (Å²) in [5.74, 6) is 1.37. The van der Waals surface area contributed by atoms with E-state index in [0.717, 1.165) is 19.3 Å². The first-order valence-corrected chi connectivity index (χ1v) is 8.22. The number of aromatic amines is 1. The Bertz CT molecular complexity index is 512. The van der Waals surface area contributed by atoms with Crippen LogP contribution in [0.4, 0.5) is 0 Å². The average Bonchev–Trinajstić information content (AvgIpc) is 2.84. The van der Waals surface area contributed by atoms with Crippen LogP contribution in [-0.2, 0) is 10.0 Å². The van der Waals surface area contributed by atoms with E-state index < -0.39 is 10.0 Å². The van der Waals surface area contributed by atoms with E-state index in [-0.39, 0.29) is 5.03 Å². The van der Waals surface area contributed by atoms with Crippen LogP contribution in [0.2, 0.25) is 0 Å². The van der Waals surface area contributed by atoms with Crippen LogP contribution in [-0.4, -0.2) is 31.5 Å². The minimum Gasteiger partial charge on any atom is -0.332 e. The molecule has 1 aliphatic carbocycles. The van der Waals surface area contributed by atoms with Crippen LogP contribution in [0.1, 0.15) is 31.5 Å². The molecule has 1 heterocycles. The lowest BCUT2D eigenvalue weighted by molar-refractivity contribution is 0.244. The van der Waals surface area contributed by atoms with Gasteiger partial charge in [0.05, 0.1) is 6.20 Å². The number of nitrogens with one attached hydrogen (secondary N) is 2. The second-order valence-corrected chi connectivity index (χ2v) is 6.96. The molecule has 108 valence electrons. The van der Waals surface area contributed by atoms with Crippen LogP contribution < -0.4 is 10.5 Å². The first-order chi connectivity index (χ1) is 9.03. The zero-order chi connectivity index (χ0) is 13.9. The maximum atomic E-state index is 12.1. The summed E-state index contributed by atoms with van der Waals surface area (Å²) in [5.41, 5.74) is 5.75. The Labute approximate surface area is 114 Å². The van der Waals surface area contributed by atoms with Gasteiger partial charge in [-0.15, -0.1) is 0 Å². The van der Waals surface area contributed by atoms with Crippen molar-refractivity contribution in [2.24, 2.45) is 17.6 Å². The second kappa shape index (κ2) is 6.02. The van der Waals surface area contributed by atoms with Crippen molar-refractivity contribution >= 4 is 10.0 Å². The quantitative estimate of drug-likeness (QED) is 0.744. The molecule has 4 N–H and O–H groups in total. The Morgan fingerprint density at radius 2 is 2.11 bits per heavy atom. The summed E-state index contributed by atoms with van der Waals surface area (Å²) in [6, 6.07) is 0. The van der Waals surface area contributed by atoms with Gasteiger partial charge in [0, 0.05) is 6.54 Å². The van der Waals surface area contributed by atoms with Gasteiger partial charge < -0.3 is 10.7 Å². The van der Waals surface area contributed by atoms with Crippen LogP contribution in [0.15, 0.2) is 11.2 Å². The maximum absolute atomic E-state index is 12.1. The topological polar surface area (TPSA) is 101 Å². The lowest BCUT2D eigenvalue weighted by Gasteiger charge is -2.30. The summed E-state index contributed by atoms with van der Waals surface area (Å²) < 4.78 is 26.8. The van der Waals surface area contributed by atoms with Gasteiger partial charge in [-0.05, 0) is 38.1 Å². The number of aromatic nitrogens is 2. The van der Waals surface area contributed by atoms with Gasteiger partial charge in [-0.1, -0.05) is 12.8 Å². The highest BCUT2D eigenvalue weighted by Crippen LogP contribution is 2.28. The highest BCUT2D eigenvalue weighted by molar-refractivity contribution is 7.89. The van der Waals surface area contributed by atoms with E-state index in [1.165, 1.54) is 12.6 Å². The Morgan fingerprint density at radius 3 is 2.68 bits per heavy atom. The summed E-state index contributed by atoms with van der Waals surface area (Å²) in [4.78, 5) is 6.66. The molecule has 0 spiro atoms. The molecule has 0 aromatic carbocycles. The third-order valence-electron chi connectivity index (χ3n) is 3.87. The predicted molar refractivity (Wildman–Crippen MR) is 73.0 cm³/mol. The van der Waals surface area contributed by atoms with Crippen molar-refractivity contribution < 1.29 is 8.42 Å². The molecule has 2 rings (SSSR count). The summed E-state index contributed by atoms with van der Waals surface area (Å²) in [5, 5.41) is 0.130. The first-order valence-electron chi connectivity index (χ1n) is 6.74. The van der Waals surface area contributed by atoms with Crippen molar-refractivity contribution in [2.45, 2.75) is 37.6 Å². The number of sulfonamides is 1. The van der Waals surface area contributed by atoms with Gasteiger partial charge in [0.2, 0.25) is 0 Å². The molecule has 2 atom stereocenters. The van der Waals surface area contributed by atoms with E-state index in [1.807, 2.05) is 0 Å². The van der Waals surface area contributed by atoms with Crippen molar-refractivity contribution in [3.05, 3.63) is 12.0 Å². The summed E-state index contributed by atoms with van der Waals surface area (Å²) in [7, 11) is -3.48. The molecule has 1 fully saturated rings. The highest BCUT2D eigenvalue weighted by Gasteiger charge is 2.26. The number of nitrogens with zero attached hydrogens (tertiary/aromatic N) is 1. The number of H-pyrrole nitrogens is 1. The fourth-order valence-corrected chi connectivity index (χ4v) is 3.76. The van der Waals surface area contributed by atoms with Crippen LogP contribution >= 0.6 is 0 Å². The maximum Gasteiger partial charge on any atom is 0.257 e. The molecule has 2 unspecified atom stereocenters. The Balaban J connectivity index is 1.97. The number of rotatable bonds is 5. The summed E-state index contributed by atoms with van der Waals surface area (Å²) >= 11 is 0. The van der Waals surface area contributed by atoms with Crippen molar-refractivity contribution in [1.29, 1.82) is 0 Å². The van der Waals surface area contributed by atoms with Gasteiger partial charge >= 0.3 is 0 Å².